The third-order valence-electron chi connectivity index (χ3n) is 3.80. The van der Waals surface area contributed by atoms with Crippen LogP contribution < -0.4 is 5.32 Å². The van der Waals surface area contributed by atoms with Crippen molar-refractivity contribution in [2.45, 2.75) is 32.9 Å². The number of hydrogen-bond acceptors (Lipinski definition) is 3. The third-order valence-corrected chi connectivity index (χ3v) is 3.80. The first-order valence-electron chi connectivity index (χ1n) is 6.92. The van der Waals surface area contributed by atoms with Crippen molar-refractivity contribution in [3.8, 4) is 5.75 Å². The summed E-state index contributed by atoms with van der Waals surface area (Å²) in [6.45, 7) is 8.86. The van der Waals surface area contributed by atoms with Gasteiger partial charge in [-0.25, -0.2) is 0 Å². The highest BCUT2D eigenvalue weighted by Crippen LogP contribution is 2.19. The summed E-state index contributed by atoms with van der Waals surface area (Å²) < 4.78 is 0. The summed E-state index contributed by atoms with van der Waals surface area (Å²) in [4.78, 5) is 2.50. The van der Waals surface area contributed by atoms with E-state index < -0.39 is 0 Å². The first kappa shape index (κ1) is 13.4. The Hall–Kier alpha value is -1.06. The molecule has 3 heteroatoms. The van der Waals surface area contributed by atoms with Gasteiger partial charge in [0.25, 0.3) is 0 Å². The van der Waals surface area contributed by atoms with Gasteiger partial charge in [-0.2, -0.15) is 0 Å². The number of rotatable bonds is 4. The number of hydrogen-bond donors (Lipinski definition) is 2. The predicted octanol–water partition coefficient (Wildman–Crippen LogP) is 2.21. The van der Waals surface area contributed by atoms with Crippen molar-refractivity contribution in [3.05, 3.63) is 29.8 Å². The van der Waals surface area contributed by atoms with Gasteiger partial charge < -0.3 is 10.4 Å². The Bertz CT molecular complexity index is 363. The van der Waals surface area contributed by atoms with Gasteiger partial charge >= 0.3 is 0 Å². The van der Waals surface area contributed by atoms with Gasteiger partial charge in [-0.3, -0.25) is 4.90 Å². The Morgan fingerprint density at radius 3 is 2.67 bits per heavy atom. The molecule has 0 aliphatic carbocycles. The lowest BCUT2D eigenvalue weighted by Gasteiger charge is -2.37. The summed E-state index contributed by atoms with van der Waals surface area (Å²) >= 11 is 0. The summed E-state index contributed by atoms with van der Waals surface area (Å²) in [5.41, 5.74) is 1.28. The lowest BCUT2D eigenvalue weighted by Crippen LogP contribution is -2.47. The van der Waals surface area contributed by atoms with Crippen LogP contribution in [-0.4, -0.2) is 35.7 Å². The molecule has 0 bridgehead atoms. The summed E-state index contributed by atoms with van der Waals surface area (Å²) in [5.74, 6) is 1.05. The average Bonchev–Trinajstić information content (AvgIpc) is 2.36. The van der Waals surface area contributed by atoms with Crippen LogP contribution in [0, 0.1) is 5.92 Å². The molecule has 2 unspecified atom stereocenters. The van der Waals surface area contributed by atoms with Gasteiger partial charge in [-0.15, -0.1) is 0 Å². The summed E-state index contributed by atoms with van der Waals surface area (Å²) in [6.07, 6.45) is 1.23. The number of nitrogens with one attached hydrogen (secondary N) is 1. The molecule has 0 amide bonds. The molecular weight excluding hydrogens is 224 g/mol. The van der Waals surface area contributed by atoms with E-state index in [1.807, 2.05) is 12.1 Å². The van der Waals surface area contributed by atoms with E-state index in [2.05, 4.69) is 24.1 Å². The number of phenolic OH excluding ortho intramolecular Hbond substituents is 1. The standard InChI is InChI=1S/C15H24N2O/c1-3-16-15-8-9-17(10-12(15)2)11-13-4-6-14(18)7-5-13/h4-7,12,15-16,18H,3,8-11H2,1-2H3. The fraction of sp³-hybridized carbons (Fsp3) is 0.600. The van der Waals surface area contributed by atoms with E-state index in [0.29, 0.717) is 17.7 Å². The van der Waals surface area contributed by atoms with Crippen molar-refractivity contribution in [1.29, 1.82) is 0 Å². The van der Waals surface area contributed by atoms with Gasteiger partial charge in [0.05, 0.1) is 0 Å². The monoisotopic (exact) mass is 248 g/mol. The Morgan fingerprint density at radius 2 is 2.06 bits per heavy atom. The highest BCUT2D eigenvalue weighted by molar-refractivity contribution is 5.25. The molecular formula is C15H24N2O. The van der Waals surface area contributed by atoms with Crippen LogP contribution in [0.1, 0.15) is 25.8 Å². The first-order valence-corrected chi connectivity index (χ1v) is 6.92. The molecule has 1 fully saturated rings. The van der Waals surface area contributed by atoms with Crippen LogP contribution in [0.3, 0.4) is 0 Å². The molecule has 0 radical (unpaired) electrons. The third kappa shape index (κ3) is 3.47. The predicted molar refractivity (Wildman–Crippen MR) is 74.6 cm³/mol. The Balaban J connectivity index is 1.87. The van der Waals surface area contributed by atoms with E-state index in [4.69, 9.17) is 0 Å². The number of piperidine rings is 1. The molecule has 1 aromatic rings. The van der Waals surface area contributed by atoms with Crippen molar-refractivity contribution < 1.29 is 5.11 Å². The summed E-state index contributed by atoms with van der Waals surface area (Å²) in [6, 6.07) is 8.23. The zero-order valence-electron chi connectivity index (χ0n) is 11.4. The number of likely N-dealkylation sites (tertiary alicyclic amines) is 1. The molecule has 0 saturated carbocycles. The second-order valence-corrected chi connectivity index (χ2v) is 5.33. The SMILES string of the molecule is CCNC1CCN(Cc2ccc(O)cc2)CC1C. The maximum absolute atomic E-state index is 9.28. The van der Waals surface area contributed by atoms with Crippen molar-refractivity contribution in [3.63, 3.8) is 0 Å². The summed E-state index contributed by atoms with van der Waals surface area (Å²) in [7, 11) is 0. The minimum Gasteiger partial charge on any atom is -0.508 e. The van der Waals surface area contributed by atoms with Gasteiger partial charge in [0.1, 0.15) is 5.75 Å². The first-order chi connectivity index (χ1) is 8.69. The number of aromatic hydroxyl groups is 1. The minimum atomic E-state index is 0.345. The topological polar surface area (TPSA) is 35.5 Å². The Labute approximate surface area is 110 Å². The van der Waals surface area contributed by atoms with Crippen molar-refractivity contribution in [2.75, 3.05) is 19.6 Å². The summed E-state index contributed by atoms with van der Waals surface area (Å²) in [5, 5.41) is 12.8. The molecule has 2 N–H and O–H groups in total. The highest BCUT2D eigenvalue weighted by Gasteiger charge is 2.24. The maximum atomic E-state index is 9.28. The number of phenols is 1. The van der Waals surface area contributed by atoms with Crippen LogP contribution >= 0.6 is 0 Å². The lowest BCUT2D eigenvalue weighted by atomic mass is 9.93. The van der Waals surface area contributed by atoms with Crippen LogP contribution in [0.2, 0.25) is 0 Å². The molecule has 1 heterocycles. The molecule has 1 aliphatic heterocycles. The lowest BCUT2D eigenvalue weighted by molar-refractivity contribution is 0.142. The fourth-order valence-electron chi connectivity index (χ4n) is 2.80. The van der Waals surface area contributed by atoms with E-state index in [9.17, 15) is 5.11 Å². The van der Waals surface area contributed by atoms with Gasteiger partial charge in [-0.1, -0.05) is 26.0 Å². The second kappa shape index (κ2) is 6.21. The van der Waals surface area contributed by atoms with Gasteiger partial charge in [0, 0.05) is 19.1 Å². The molecule has 18 heavy (non-hydrogen) atoms. The van der Waals surface area contributed by atoms with Crippen LogP contribution in [0.25, 0.3) is 0 Å². The van der Waals surface area contributed by atoms with E-state index in [-0.39, 0.29) is 0 Å². The van der Waals surface area contributed by atoms with Gasteiger partial charge in [0.15, 0.2) is 0 Å². The van der Waals surface area contributed by atoms with Gasteiger partial charge in [-0.05, 0) is 43.1 Å². The molecule has 3 nitrogen and oxygen atoms in total. The Morgan fingerprint density at radius 1 is 1.33 bits per heavy atom. The van der Waals surface area contributed by atoms with Crippen LogP contribution in [0.4, 0.5) is 0 Å². The Kier molecular flexibility index (Phi) is 4.61. The molecule has 2 atom stereocenters. The van der Waals surface area contributed by atoms with Crippen molar-refractivity contribution in [2.24, 2.45) is 5.92 Å². The molecule has 0 spiro atoms. The molecule has 0 aromatic heterocycles. The van der Waals surface area contributed by atoms with E-state index in [1.54, 1.807) is 12.1 Å². The van der Waals surface area contributed by atoms with E-state index in [1.165, 1.54) is 12.0 Å². The maximum Gasteiger partial charge on any atom is 0.115 e. The van der Waals surface area contributed by atoms with E-state index in [0.717, 1.165) is 26.2 Å². The highest BCUT2D eigenvalue weighted by atomic mass is 16.3. The fourth-order valence-corrected chi connectivity index (χ4v) is 2.80. The van der Waals surface area contributed by atoms with Crippen LogP contribution in [0.15, 0.2) is 24.3 Å². The largest absolute Gasteiger partial charge is 0.508 e. The smallest absolute Gasteiger partial charge is 0.115 e. The number of nitrogens with zero attached hydrogens (tertiary/aromatic N) is 1. The van der Waals surface area contributed by atoms with Crippen molar-refractivity contribution >= 4 is 0 Å². The normalized spacial score (nSPS) is 25.2. The van der Waals surface area contributed by atoms with E-state index >= 15 is 0 Å². The quantitative estimate of drug-likeness (QED) is 0.857. The van der Waals surface area contributed by atoms with Crippen LogP contribution in [-0.2, 0) is 6.54 Å². The zero-order valence-corrected chi connectivity index (χ0v) is 11.4. The average molecular weight is 248 g/mol. The zero-order chi connectivity index (χ0) is 13.0. The number of benzene rings is 1. The second-order valence-electron chi connectivity index (χ2n) is 5.33. The molecule has 2 rings (SSSR count). The molecule has 100 valence electrons. The molecule has 1 aromatic carbocycles. The van der Waals surface area contributed by atoms with Gasteiger partial charge in [0.2, 0.25) is 0 Å². The van der Waals surface area contributed by atoms with Crippen LogP contribution in [0.5, 0.6) is 5.75 Å². The minimum absolute atomic E-state index is 0.345. The molecule has 1 aliphatic rings. The molecule has 1 saturated heterocycles. The van der Waals surface area contributed by atoms with Crippen molar-refractivity contribution in [1.82, 2.24) is 10.2 Å².